The molecular weight excluding hydrogens is 594 g/mol. The lowest BCUT2D eigenvalue weighted by atomic mass is 10.0. The number of fused-ring (bicyclic) bond motifs is 3. The second kappa shape index (κ2) is 13.6. The third-order valence-corrected chi connectivity index (χ3v) is 16.5. The van der Waals surface area contributed by atoms with Gasteiger partial charge in [0.05, 0.1) is 0 Å². The van der Waals surface area contributed by atoms with Crippen molar-refractivity contribution < 1.29 is 9.13 Å². The predicted molar refractivity (Wildman–Crippen MR) is 195 cm³/mol. The van der Waals surface area contributed by atoms with E-state index in [-0.39, 0.29) is 0 Å². The van der Waals surface area contributed by atoms with E-state index < -0.39 is 14.3 Å². The molecule has 3 aromatic carbocycles. The summed E-state index contributed by atoms with van der Waals surface area (Å²) in [6, 6.07) is 22.8. The number of benzene rings is 3. The maximum absolute atomic E-state index is 15.3. The molecule has 0 aliphatic heterocycles. The smallest absolute Gasteiger partial charge is 0.167 e. The first kappa shape index (κ1) is 31.0. The summed E-state index contributed by atoms with van der Waals surface area (Å²) in [5.74, 6) is 0.346. The Bertz CT molecular complexity index is 1900. The van der Waals surface area contributed by atoms with Crippen LogP contribution in [0.25, 0.3) is 20.2 Å². The van der Waals surface area contributed by atoms with E-state index in [1.165, 1.54) is 24.0 Å². The number of rotatable bonds is 11. The first-order valence-corrected chi connectivity index (χ1v) is 20.5. The van der Waals surface area contributed by atoms with Crippen LogP contribution in [0.5, 0.6) is 0 Å². The van der Waals surface area contributed by atoms with Crippen LogP contribution < -0.4 is 15.9 Å². The normalized spacial score (nSPS) is 19.4. The fraction of sp³-hybridized carbons (Fsp3) is 0.282. The average Bonchev–Trinajstić information content (AvgIpc) is 3.20. The van der Waals surface area contributed by atoms with E-state index >= 15 is 9.13 Å². The zero-order valence-corrected chi connectivity index (χ0v) is 28.4. The number of allylic oxidation sites excluding steroid dienone is 10. The maximum Gasteiger partial charge on any atom is 0.167 e. The molecule has 4 aromatic rings. The van der Waals surface area contributed by atoms with Gasteiger partial charge >= 0.3 is 0 Å². The molecule has 0 N–H and O–H groups in total. The summed E-state index contributed by atoms with van der Waals surface area (Å²) in [6.45, 7) is 4.42. The SMILES string of the molecule is CCCCCCCP(=O)(C1=CC=CCC=C1)c1ccc2sc3ccc(P(=O)(C4=CC=CC(C)C4)c4ccccc4)cc3c2c1. The van der Waals surface area contributed by atoms with Gasteiger partial charge in [0.1, 0.15) is 7.14 Å². The molecule has 2 aliphatic rings. The molecule has 3 atom stereocenters. The van der Waals surface area contributed by atoms with Gasteiger partial charge in [-0.25, -0.2) is 0 Å². The monoisotopic (exact) mass is 636 g/mol. The fourth-order valence-corrected chi connectivity index (χ4v) is 13.4. The van der Waals surface area contributed by atoms with E-state index in [2.05, 4.69) is 98.9 Å². The van der Waals surface area contributed by atoms with Crippen LogP contribution in [-0.4, -0.2) is 6.16 Å². The van der Waals surface area contributed by atoms with E-state index in [4.69, 9.17) is 0 Å². The first-order valence-electron chi connectivity index (χ1n) is 16.1. The number of hydrogen-bond acceptors (Lipinski definition) is 3. The van der Waals surface area contributed by atoms with E-state index in [9.17, 15) is 0 Å². The summed E-state index contributed by atoms with van der Waals surface area (Å²) in [5.41, 5.74) is 0. The van der Waals surface area contributed by atoms with Crippen molar-refractivity contribution in [2.24, 2.45) is 5.92 Å². The van der Waals surface area contributed by atoms with Crippen molar-refractivity contribution in [2.75, 3.05) is 6.16 Å². The van der Waals surface area contributed by atoms with Crippen LogP contribution in [0.4, 0.5) is 0 Å². The van der Waals surface area contributed by atoms with Crippen molar-refractivity contribution in [2.45, 2.75) is 58.8 Å². The zero-order chi connectivity index (χ0) is 30.6. The molecule has 2 nitrogen and oxygen atoms in total. The Morgan fingerprint density at radius 1 is 0.773 bits per heavy atom. The molecule has 1 aromatic heterocycles. The highest BCUT2D eigenvalue weighted by Crippen LogP contribution is 2.57. The minimum absolute atomic E-state index is 0.346. The van der Waals surface area contributed by atoms with Gasteiger partial charge in [0, 0.05) is 47.6 Å². The Morgan fingerprint density at radius 3 is 2.25 bits per heavy atom. The lowest BCUT2D eigenvalue weighted by Gasteiger charge is -2.26. The van der Waals surface area contributed by atoms with Gasteiger partial charge in [-0.05, 0) is 66.9 Å². The number of thiophene rings is 1. The third kappa shape index (κ3) is 6.12. The van der Waals surface area contributed by atoms with Crippen molar-refractivity contribution >= 4 is 61.7 Å². The summed E-state index contributed by atoms with van der Waals surface area (Å²) in [5, 5.41) is 6.83. The summed E-state index contributed by atoms with van der Waals surface area (Å²) in [4.78, 5) is 0. The zero-order valence-electron chi connectivity index (χ0n) is 25.8. The molecular formula is C39H42O2P2S. The summed E-state index contributed by atoms with van der Waals surface area (Å²) < 4.78 is 32.7. The molecule has 0 spiro atoms. The molecule has 226 valence electrons. The van der Waals surface area contributed by atoms with E-state index in [0.29, 0.717) is 12.1 Å². The second-order valence-electron chi connectivity index (χ2n) is 12.2. The fourth-order valence-electron chi connectivity index (χ4n) is 6.50. The van der Waals surface area contributed by atoms with Crippen LogP contribution in [0.3, 0.4) is 0 Å². The van der Waals surface area contributed by atoms with Crippen LogP contribution in [0.15, 0.2) is 126 Å². The Labute approximate surface area is 266 Å². The molecule has 0 saturated carbocycles. The van der Waals surface area contributed by atoms with E-state index in [1.54, 1.807) is 11.3 Å². The van der Waals surface area contributed by atoms with Crippen LogP contribution in [0.1, 0.15) is 58.8 Å². The molecule has 5 heteroatoms. The quantitative estimate of drug-likeness (QED) is 0.121. The molecule has 6 rings (SSSR count). The Morgan fingerprint density at radius 2 is 1.50 bits per heavy atom. The molecule has 0 radical (unpaired) electrons. The number of hydrogen-bond donors (Lipinski definition) is 0. The van der Waals surface area contributed by atoms with Gasteiger partial charge < -0.3 is 9.13 Å². The largest absolute Gasteiger partial charge is 0.314 e. The third-order valence-electron chi connectivity index (χ3n) is 8.96. The van der Waals surface area contributed by atoms with Crippen molar-refractivity contribution in [1.29, 1.82) is 0 Å². The Kier molecular flexibility index (Phi) is 9.58. The van der Waals surface area contributed by atoms with Crippen LogP contribution in [0, 0.1) is 5.92 Å². The highest BCUT2D eigenvalue weighted by atomic mass is 32.1. The van der Waals surface area contributed by atoms with Gasteiger partial charge in [-0.15, -0.1) is 11.3 Å². The van der Waals surface area contributed by atoms with Crippen molar-refractivity contribution in [1.82, 2.24) is 0 Å². The molecule has 0 fully saturated rings. The molecule has 0 saturated heterocycles. The molecule has 3 unspecified atom stereocenters. The van der Waals surface area contributed by atoms with Gasteiger partial charge in [-0.3, -0.25) is 0 Å². The minimum Gasteiger partial charge on any atom is -0.314 e. The van der Waals surface area contributed by atoms with Gasteiger partial charge in [-0.2, -0.15) is 0 Å². The Hall–Kier alpha value is -2.96. The van der Waals surface area contributed by atoms with Crippen LogP contribution >= 0.6 is 25.6 Å². The van der Waals surface area contributed by atoms with E-state index in [0.717, 1.165) is 67.7 Å². The Balaban J connectivity index is 1.48. The predicted octanol–water partition coefficient (Wildman–Crippen LogP) is 11.2. The molecule has 2 aliphatic carbocycles. The van der Waals surface area contributed by atoms with Crippen molar-refractivity contribution in [3.05, 3.63) is 126 Å². The van der Waals surface area contributed by atoms with E-state index in [1.807, 2.05) is 30.3 Å². The minimum atomic E-state index is -3.06. The molecule has 1 heterocycles. The topological polar surface area (TPSA) is 34.1 Å². The highest BCUT2D eigenvalue weighted by Gasteiger charge is 2.34. The van der Waals surface area contributed by atoms with Gasteiger partial charge in [0.25, 0.3) is 0 Å². The summed E-state index contributed by atoms with van der Waals surface area (Å²) >= 11 is 1.75. The second-order valence-corrected chi connectivity index (χ2v) is 19.0. The highest BCUT2D eigenvalue weighted by molar-refractivity contribution is 7.82. The first-order chi connectivity index (χ1) is 21.4. The van der Waals surface area contributed by atoms with Gasteiger partial charge in [0.15, 0.2) is 7.14 Å². The van der Waals surface area contributed by atoms with Crippen molar-refractivity contribution in [3.8, 4) is 0 Å². The molecule has 0 amide bonds. The lowest BCUT2D eigenvalue weighted by molar-refractivity contribution is 0.580. The van der Waals surface area contributed by atoms with Crippen LogP contribution in [-0.2, 0) is 9.13 Å². The van der Waals surface area contributed by atoms with Crippen LogP contribution in [0.2, 0.25) is 0 Å². The standard InChI is InChI=1S/C39H42O2P2S/c1-3-4-5-8-14-26-42(40,31-17-10-6-7-11-18-31)33-22-24-38-36(28-33)37-29-35(23-25-39(37)44-38)43(41,32-19-12-9-13-20-32)34-21-15-16-30(2)27-34/h6,9-13,15-25,28-30H,3-5,7-8,14,26-27H2,1-2H3. The summed E-state index contributed by atoms with van der Waals surface area (Å²) in [6.07, 6.45) is 24.8. The summed E-state index contributed by atoms with van der Waals surface area (Å²) in [7, 11) is -5.90. The average molecular weight is 637 g/mol. The van der Waals surface area contributed by atoms with Crippen molar-refractivity contribution in [3.63, 3.8) is 0 Å². The molecule has 44 heavy (non-hydrogen) atoms. The number of unbranched alkanes of at least 4 members (excludes halogenated alkanes) is 4. The lowest BCUT2D eigenvalue weighted by Crippen LogP contribution is -2.19. The van der Waals surface area contributed by atoms with Gasteiger partial charge in [0.2, 0.25) is 0 Å². The maximum atomic E-state index is 15.3. The molecule has 0 bridgehead atoms. The van der Waals surface area contributed by atoms with Gasteiger partial charge in [-0.1, -0.05) is 118 Å².